The molecule has 2 aromatic carbocycles. The Balaban J connectivity index is 1.80. The summed E-state index contributed by atoms with van der Waals surface area (Å²) in [4.78, 5) is 13.0. The Morgan fingerprint density at radius 3 is 2.37 bits per heavy atom. The minimum Gasteiger partial charge on any atom is -0.493 e. The van der Waals surface area contributed by atoms with Gasteiger partial charge in [-0.25, -0.2) is 8.42 Å². The van der Waals surface area contributed by atoms with Gasteiger partial charge < -0.3 is 14.8 Å². The van der Waals surface area contributed by atoms with E-state index in [-0.39, 0.29) is 10.8 Å². The lowest BCUT2D eigenvalue weighted by atomic mass is 10.0. The minimum atomic E-state index is -3.48. The molecular weight excluding hydrogens is 404 g/mol. The highest BCUT2D eigenvalue weighted by atomic mass is 32.2. The molecule has 1 amide bonds. The van der Waals surface area contributed by atoms with Crippen molar-refractivity contribution >= 4 is 21.6 Å². The Kier molecular flexibility index (Phi) is 6.79. The first kappa shape index (κ1) is 21.9. The van der Waals surface area contributed by atoms with Crippen LogP contribution in [0.2, 0.25) is 0 Å². The second kappa shape index (κ2) is 9.32. The number of benzene rings is 2. The molecule has 2 aromatic rings. The zero-order valence-electron chi connectivity index (χ0n) is 17.2. The average Bonchev–Trinajstić information content (AvgIpc) is 3.29. The van der Waals surface area contributed by atoms with E-state index in [1.807, 2.05) is 0 Å². The Bertz CT molecular complexity index is 1030. The Morgan fingerprint density at radius 2 is 1.80 bits per heavy atom. The largest absolute Gasteiger partial charge is 0.493 e. The van der Waals surface area contributed by atoms with Gasteiger partial charge in [0.25, 0.3) is 5.91 Å². The highest BCUT2D eigenvalue weighted by molar-refractivity contribution is 7.89. The normalized spacial score (nSPS) is 14.3. The highest BCUT2D eigenvalue weighted by Gasteiger charge is 2.27. The van der Waals surface area contributed by atoms with Crippen LogP contribution < -0.4 is 14.8 Å². The number of anilines is 1. The molecule has 0 aliphatic carbocycles. The molecular formula is C22H26N2O5S. The SMILES string of the molecule is C=CCc1cc(C(=O)Nc2ccc(S(=O)(=O)N3CCCC3)cc2)cc(OC)c1OC. The smallest absolute Gasteiger partial charge is 0.255 e. The number of ether oxygens (including phenoxy) is 2. The Morgan fingerprint density at radius 1 is 1.13 bits per heavy atom. The lowest BCUT2D eigenvalue weighted by Crippen LogP contribution is -2.27. The molecule has 8 heteroatoms. The van der Waals surface area contributed by atoms with Crippen LogP contribution in [0.4, 0.5) is 5.69 Å². The van der Waals surface area contributed by atoms with Gasteiger partial charge in [-0.05, 0) is 55.7 Å². The van der Waals surface area contributed by atoms with E-state index in [1.165, 1.54) is 23.5 Å². The van der Waals surface area contributed by atoms with Gasteiger partial charge in [-0.1, -0.05) is 6.08 Å². The number of nitrogens with zero attached hydrogens (tertiary/aromatic N) is 1. The maximum Gasteiger partial charge on any atom is 0.255 e. The maximum atomic E-state index is 12.8. The molecule has 0 unspecified atom stereocenters. The lowest BCUT2D eigenvalue weighted by Gasteiger charge is -2.16. The summed E-state index contributed by atoms with van der Waals surface area (Å²) in [6.45, 7) is 4.83. The van der Waals surface area contributed by atoms with Gasteiger partial charge >= 0.3 is 0 Å². The van der Waals surface area contributed by atoms with Gasteiger partial charge in [0, 0.05) is 29.9 Å². The van der Waals surface area contributed by atoms with E-state index < -0.39 is 10.0 Å². The van der Waals surface area contributed by atoms with Crippen LogP contribution in [0.5, 0.6) is 11.5 Å². The summed E-state index contributed by atoms with van der Waals surface area (Å²) >= 11 is 0. The third-order valence-electron chi connectivity index (χ3n) is 5.00. The van der Waals surface area contributed by atoms with Crippen molar-refractivity contribution in [2.45, 2.75) is 24.2 Å². The number of rotatable bonds is 8. The summed E-state index contributed by atoms with van der Waals surface area (Å²) in [5, 5.41) is 2.79. The van der Waals surface area contributed by atoms with E-state index in [9.17, 15) is 13.2 Å². The third kappa shape index (κ3) is 4.49. The molecule has 1 fully saturated rings. The molecule has 30 heavy (non-hydrogen) atoms. The number of methoxy groups -OCH3 is 2. The van der Waals surface area contributed by atoms with E-state index in [0.717, 1.165) is 18.4 Å². The van der Waals surface area contributed by atoms with Gasteiger partial charge in [0.05, 0.1) is 19.1 Å². The molecule has 0 bridgehead atoms. The number of carbonyl (C=O) groups excluding carboxylic acids is 1. The van der Waals surface area contributed by atoms with Gasteiger partial charge in [-0.15, -0.1) is 6.58 Å². The van der Waals surface area contributed by atoms with Gasteiger partial charge in [0.1, 0.15) is 0 Å². The number of carbonyl (C=O) groups is 1. The number of amides is 1. The van der Waals surface area contributed by atoms with Crippen molar-refractivity contribution in [3.05, 3.63) is 60.2 Å². The van der Waals surface area contributed by atoms with Crippen molar-refractivity contribution in [3.63, 3.8) is 0 Å². The summed E-state index contributed by atoms with van der Waals surface area (Å²) in [6.07, 6.45) is 4.00. The lowest BCUT2D eigenvalue weighted by molar-refractivity contribution is 0.102. The van der Waals surface area contributed by atoms with E-state index >= 15 is 0 Å². The van der Waals surface area contributed by atoms with E-state index in [1.54, 1.807) is 37.5 Å². The predicted molar refractivity (Wildman–Crippen MR) is 116 cm³/mol. The predicted octanol–water partition coefficient (Wildman–Crippen LogP) is 3.47. The highest BCUT2D eigenvalue weighted by Crippen LogP contribution is 2.33. The molecule has 160 valence electrons. The maximum absolute atomic E-state index is 12.8. The molecule has 0 saturated carbocycles. The van der Waals surface area contributed by atoms with E-state index in [2.05, 4.69) is 11.9 Å². The second-order valence-corrected chi connectivity index (χ2v) is 8.89. The molecule has 7 nitrogen and oxygen atoms in total. The summed E-state index contributed by atoms with van der Waals surface area (Å²) in [7, 11) is -0.430. The fourth-order valence-corrected chi connectivity index (χ4v) is 4.99. The fourth-order valence-electron chi connectivity index (χ4n) is 3.47. The first-order chi connectivity index (χ1) is 14.4. The molecule has 0 aromatic heterocycles. The number of nitrogens with one attached hydrogen (secondary N) is 1. The Hall–Kier alpha value is -2.84. The molecule has 3 rings (SSSR count). The summed E-state index contributed by atoms with van der Waals surface area (Å²) in [6, 6.07) is 9.54. The summed E-state index contributed by atoms with van der Waals surface area (Å²) in [5.41, 5.74) is 1.68. The second-order valence-electron chi connectivity index (χ2n) is 6.95. The van der Waals surface area contributed by atoms with E-state index in [4.69, 9.17) is 9.47 Å². The standard InChI is InChI=1S/C22H26N2O5S/c1-4-7-16-14-17(15-20(28-2)21(16)29-3)22(25)23-18-8-10-19(11-9-18)30(26,27)24-12-5-6-13-24/h4,8-11,14-15H,1,5-7,12-13H2,2-3H3,(H,23,25). The molecule has 0 atom stereocenters. The molecule has 1 heterocycles. The van der Waals surface area contributed by atoms with Crippen LogP contribution >= 0.6 is 0 Å². The van der Waals surface area contributed by atoms with Crippen molar-refractivity contribution < 1.29 is 22.7 Å². The summed E-state index contributed by atoms with van der Waals surface area (Å²) < 4.78 is 37.5. The van der Waals surface area contributed by atoms with Gasteiger partial charge in [0.2, 0.25) is 10.0 Å². The van der Waals surface area contributed by atoms with E-state index in [0.29, 0.717) is 42.3 Å². The summed E-state index contributed by atoms with van der Waals surface area (Å²) in [5.74, 6) is 0.677. The Labute approximate surface area is 177 Å². The molecule has 1 saturated heterocycles. The molecule has 0 spiro atoms. The number of sulfonamides is 1. The van der Waals surface area contributed by atoms with Crippen LogP contribution in [0.1, 0.15) is 28.8 Å². The molecule has 1 N–H and O–H groups in total. The zero-order chi connectivity index (χ0) is 21.7. The first-order valence-corrected chi connectivity index (χ1v) is 11.1. The topological polar surface area (TPSA) is 84.9 Å². The van der Waals surface area contributed by atoms with Crippen molar-refractivity contribution in [2.24, 2.45) is 0 Å². The van der Waals surface area contributed by atoms with Crippen LogP contribution in [0, 0.1) is 0 Å². The first-order valence-electron chi connectivity index (χ1n) is 9.68. The monoisotopic (exact) mass is 430 g/mol. The third-order valence-corrected chi connectivity index (χ3v) is 6.91. The number of allylic oxidation sites excluding steroid dienone is 1. The van der Waals surface area contributed by atoms with Crippen LogP contribution in [-0.2, 0) is 16.4 Å². The number of hydrogen-bond acceptors (Lipinski definition) is 5. The molecule has 1 aliphatic rings. The van der Waals surface area contributed by atoms with Gasteiger partial charge in [0.15, 0.2) is 11.5 Å². The van der Waals surface area contributed by atoms with Crippen molar-refractivity contribution in [1.29, 1.82) is 0 Å². The zero-order valence-corrected chi connectivity index (χ0v) is 18.0. The van der Waals surface area contributed by atoms with Crippen LogP contribution in [0.3, 0.4) is 0 Å². The average molecular weight is 431 g/mol. The minimum absolute atomic E-state index is 0.224. The van der Waals surface area contributed by atoms with Crippen LogP contribution in [-0.4, -0.2) is 45.9 Å². The van der Waals surface area contributed by atoms with Gasteiger partial charge in [-0.2, -0.15) is 4.31 Å². The van der Waals surface area contributed by atoms with Crippen LogP contribution in [0.25, 0.3) is 0 Å². The molecule has 0 radical (unpaired) electrons. The fraction of sp³-hybridized carbons (Fsp3) is 0.318. The number of hydrogen-bond donors (Lipinski definition) is 1. The van der Waals surface area contributed by atoms with Crippen molar-refractivity contribution in [1.82, 2.24) is 4.31 Å². The quantitative estimate of drug-likeness (QED) is 0.648. The van der Waals surface area contributed by atoms with Crippen molar-refractivity contribution in [2.75, 3.05) is 32.6 Å². The van der Waals surface area contributed by atoms with Crippen molar-refractivity contribution in [3.8, 4) is 11.5 Å². The van der Waals surface area contributed by atoms with Gasteiger partial charge in [-0.3, -0.25) is 4.79 Å². The molecule has 1 aliphatic heterocycles. The van der Waals surface area contributed by atoms with Crippen LogP contribution in [0.15, 0.2) is 53.9 Å².